The van der Waals surface area contributed by atoms with Crippen LogP contribution in [0, 0.1) is 5.41 Å². The van der Waals surface area contributed by atoms with Crippen molar-refractivity contribution in [1.82, 2.24) is 0 Å². The van der Waals surface area contributed by atoms with E-state index in [1.165, 1.54) is 0 Å². The van der Waals surface area contributed by atoms with Crippen molar-refractivity contribution in [2.24, 2.45) is 16.1 Å². The highest BCUT2D eigenvalue weighted by atomic mass is 16.5. The number of carbonyl (C=O) groups is 1. The van der Waals surface area contributed by atoms with Crippen LogP contribution in [0.4, 0.5) is 0 Å². The van der Waals surface area contributed by atoms with Crippen molar-refractivity contribution in [3.63, 3.8) is 0 Å². The average molecular weight is 296 g/mol. The lowest BCUT2D eigenvalue weighted by molar-refractivity contribution is -0.138. The van der Waals surface area contributed by atoms with Gasteiger partial charge in [0, 0.05) is 17.7 Å². The van der Waals surface area contributed by atoms with Crippen LogP contribution in [0.3, 0.4) is 0 Å². The second-order valence-electron chi connectivity index (χ2n) is 6.84. The summed E-state index contributed by atoms with van der Waals surface area (Å²) in [7, 11) is 0. The fourth-order valence-electron chi connectivity index (χ4n) is 2.13. The molecule has 1 unspecified atom stereocenters. The molecule has 0 aromatic heterocycles. The molecule has 0 aromatic rings. The lowest BCUT2D eigenvalue weighted by Gasteiger charge is -2.26. The Labute approximate surface area is 127 Å². The minimum absolute atomic E-state index is 0.0676. The molecule has 0 aliphatic carbocycles. The number of nitrogens with two attached hydrogens (primary N) is 1. The Hall–Kier alpha value is -1.36. The molecule has 1 atom stereocenters. The lowest BCUT2D eigenvalue weighted by Crippen LogP contribution is -2.33. The Morgan fingerprint density at radius 3 is 2.52 bits per heavy atom. The second kappa shape index (κ2) is 6.60. The Balaban J connectivity index is 3.08. The van der Waals surface area contributed by atoms with Crippen molar-refractivity contribution < 1.29 is 14.3 Å². The molecule has 0 aromatic carbocycles. The Kier molecular flexibility index (Phi) is 5.56. The largest absolute Gasteiger partial charge is 0.461 e. The molecule has 1 saturated heterocycles. The Bertz CT molecular complexity index is 445. The molecular formula is C16H28N2O3. The highest BCUT2D eigenvalue weighted by Gasteiger charge is 2.36. The summed E-state index contributed by atoms with van der Waals surface area (Å²) in [5, 5.41) is 0. The maximum Gasteiger partial charge on any atom is 0.354 e. The van der Waals surface area contributed by atoms with Crippen LogP contribution < -0.4 is 5.73 Å². The zero-order valence-corrected chi connectivity index (χ0v) is 14.0. The van der Waals surface area contributed by atoms with E-state index in [1.807, 2.05) is 34.6 Å². The third-order valence-corrected chi connectivity index (χ3v) is 3.53. The number of rotatable bonds is 4. The average Bonchev–Trinajstić information content (AvgIpc) is 2.66. The van der Waals surface area contributed by atoms with E-state index in [0.29, 0.717) is 13.2 Å². The van der Waals surface area contributed by atoms with Gasteiger partial charge < -0.3 is 15.2 Å². The van der Waals surface area contributed by atoms with Gasteiger partial charge in [-0.25, -0.2) is 4.79 Å². The van der Waals surface area contributed by atoms with Crippen LogP contribution >= 0.6 is 0 Å². The van der Waals surface area contributed by atoms with Gasteiger partial charge in [-0.05, 0) is 33.3 Å². The zero-order valence-electron chi connectivity index (χ0n) is 14.0. The topological polar surface area (TPSA) is 73.9 Å². The van der Waals surface area contributed by atoms with Gasteiger partial charge in [-0.3, -0.25) is 4.99 Å². The van der Waals surface area contributed by atoms with E-state index < -0.39 is 5.97 Å². The predicted molar refractivity (Wildman–Crippen MR) is 84.2 cm³/mol. The van der Waals surface area contributed by atoms with Gasteiger partial charge in [0.2, 0.25) is 0 Å². The first-order valence-corrected chi connectivity index (χ1v) is 7.44. The molecule has 21 heavy (non-hydrogen) atoms. The summed E-state index contributed by atoms with van der Waals surface area (Å²) in [4.78, 5) is 16.5. The fraction of sp³-hybridized carbons (Fsp3) is 0.750. The summed E-state index contributed by atoms with van der Waals surface area (Å²) >= 11 is 0. The molecule has 1 aliphatic rings. The summed E-state index contributed by atoms with van der Waals surface area (Å²) in [6, 6.07) is 0.0676. The van der Waals surface area contributed by atoms with Gasteiger partial charge in [0.05, 0.1) is 18.2 Å². The molecule has 120 valence electrons. The van der Waals surface area contributed by atoms with E-state index in [2.05, 4.69) is 0 Å². The van der Waals surface area contributed by atoms with Gasteiger partial charge in [-0.15, -0.1) is 0 Å². The molecule has 5 nitrogen and oxygen atoms in total. The third-order valence-electron chi connectivity index (χ3n) is 3.53. The highest BCUT2D eigenvalue weighted by molar-refractivity contribution is 6.04. The van der Waals surface area contributed by atoms with Gasteiger partial charge in [0.1, 0.15) is 5.70 Å². The van der Waals surface area contributed by atoms with Crippen LogP contribution in [0.25, 0.3) is 0 Å². The van der Waals surface area contributed by atoms with E-state index in [0.717, 1.165) is 12.1 Å². The van der Waals surface area contributed by atoms with Gasteiger partial charge in [0.25, 0.3) is 0 Å². The second-order valence-corrected chi connectivity index (χ2v) is 6.84. The molecule has 0 spiro atoms. The Morgan fingerprint density at radius 1 is 1.48 bits per heavy atom. The molecule has 0 radical (unpaired) electrons. The van der Waals surface area contributed by atoms with Crippen molar-refractivity contribution in [2.75, 3.05) is 13.2 Å². The van der Waals surface area contributed by atoms with Gasteiger partial charge in [0.15, 0.2) is 0 Å². The summed E-state index contributed by atoms with van der Waals surface area (Å²) in [5.74, 6) is -0.503. The van der Waals surface area contributed by atoms with Crippen molar-refractivity contribution in [1.29, 1.82) is 0 Å². The maximum absolute atomic E-state index is 11.7. The third kappa shape index (κ3) is 4.84. The van der Waals surface area contributed by atoms with Crippen LogP contribution in [-0.4, -0.2) is 36.5 Å². The molecule has 1 fully saturated rings. The smallest absolute Gasteiger partial charge is 0.354 e. The van der Waals surface area contributed by atoms with Crippen molar-refractivity contribution in [3.05, 3.63) is 11.8 Å². The quantitative estimate of drug-likeness (QED) is 0.491. The van der Waals surface area contributed by atoms with E-state index in [-0.39, 0.29) is 22.8 Å². The number of allylic oxidation sites excluding steroid dienone is 1. The number of ether oxygens (including phenoxy) is 2. The van der Waals surface area contributed by atoms with Crippen LogP contribution in [0.2, 0.25) is 0 Å². The summed E-state index contributed by atoms with van der Waals surface area (Å²) in [6.45, 7) is 13.0. The monoisotopic (exact) mass is 296 g/mol. The van der Waals surface area contributed by atoms with E-state index in [1.54, 1.807) is 13.0 Å². The van der Waals surface area contributed by atoms with Gasteiger partial charge >= 0.3 is 5.97 Å². The standard InChI is InChI=1S/C16H28N2O3/c1-7-20-14(19)11(17)10-13(15(2,3)4)18-12-8-9-21-16(12,5)6/h10,12H,7-9,17H2,1-6H3. The summed E-state index contributed by atoms with van der Waals surface area (Å²) < 4.78 is 10.6. The number of esters is 1. The SMILES string of the molecule is CCOC(=O)C(N)=CC(=NC1CCOC1(C)C)C(C)(C)C. The lowest BCUT2D eigenvalue weighted by atomic mass is 9.88. The van der Waals surface area contributed by atoms with Crippen LogP contribution in [-0.2, 0) is 14.3 Å². The van der Waals surface area contributed by atoms with Crippen LogP contribution in [0.15, 0.2) is 16.8 Å². The van der Waals surface area contributed by atoms with E-state index in [4.69, 9.17) is 20.2 Å². The molecule has 1 aliphatic heterocycles. The first kappa shape index (κ1) is 17.7. The van der Waals surface area contributed by atoms with E-state index >= 15 is 0 Å². The number of hydrogen-bond acceptors (Lipinski definition) is 5. The molecule has 5 heteroatoms. The van der Waals surface area contributed by atoms with Gasteiger partial charge in [-0.2, -0.15) is 0 Å². The number of aliphatic imine (C=N–C) groups is 1. The maximum atomic E-state index is 11.7. The van der Waals surface area contributed by atoms with Crippen LogP contribution in [0.5, 0.6) is 0 Å². The highest BCUT2D eigenvalue weighted by Crippen LogP contribution is 2.30. The number of hydrogen-bond donors (Lipinski definition) is 1. The predicted octanol–water partition coefficient (Wildman–Crippen LogP) is 2.45. The molecule has 0 amide bonds. The molecule has 0 saturated carbocycles. The molecular weight excluding hydrogens is 268 g/mol. The van der Waals surface area contributed by atoms with Gasteiger partial charge in [-0.1, -0.05) is 20.8 Å². The number of nitrogens with zero attached hydrogens (tertiary/aromatic N) is 1. The molecule has 2 N–H and O–H groups in total. The minimum atomic E-state index is -0.503. The van der Waals surface area contributed by atoms with Crippen molar-refractivity contribution in [2.45, 2.75) is 59.6 Å². The summed E-state index contributed by atoms with van der Waals surface area (Å²) in [6.07, 6.45) is 2.51. The van der Waals surface area contributed by atoms with Crippen LogP contribution in [0.1, 0.15) is 48.0 Å². The number of carbonyl (C=O) groups excluding carboxylic acids is 1. The molecule has 1 heterocycles. The zero-order chi connectivity index (χ0) is 16.3. The molecule has 1 rings (SSSR count). The Morgan fingerprint density at radius 2 is 2.10 bits per heavy atom. The molecule has 0 bridgehead atoms. The summed E-state index contributed by atoms with van der Waals surface area (Å²) in [5.41, 5.74) is 6.19. The normalized spacial score (nSPS) is 23.2. The van der Waals surface area contributed by atoms with E-state index in [9.17, 15) is 4.79 Å². The van der Waals surface area contributed by atoms with Crippen molar-refractivity contribution >= 4 is 11.7 Å². The van der Waals surface area contributed by atoms with Crippen molar-refractivity contribution in [3.8, 4) is 0 Å². The first-order valence-electron chi connectivity index (χ1n) is 7.44. The minimum Gasteiger partial charge on any atom is -0.461 e. The fourth-order valence-corrected chi connectivity index (χ4v) is 2.13. The first-order chi connectivity index (χ1) is 9.58.